The molecule has 2 heteroatoms. The van der Waals surface area contributed by atoms with Gasteiger partial charge in [0.05, 0.1) is 5.60 Å². The molecule has 0 amide bonds. The highest BCUT2D eigenvalue weighted by Gasteiger charge is 2.27. The Morgan fingerprint density at radius 2 is 1.15 bits per heavy atom. The Balaban J connectivity index is 3.51. The Hall–Kier alpha value is -1.02. The molecule has 114 valence electrons. The van der Waals surface area contributed by atoms with Crippen molar-refractivity contribution < 1.29 is 10.2 Å². The second kappa shape index (κ2) is 5.07. The quantitative estimate of drug-likeness (QED) is 0.846. The summed E-state index contributed by atoms with van der Waals surface area (Å²) in [4.78, 5) is 0. The van der Waals surface area contributed by atoms with E-state index < -0.39 is 5.60 Å². The highest BCUT2D eigenvalue weighted by Crippen LogP contribution is 2.40. The fraction of sp³-hybridized carbons (Fsp3) is 0.667. The van der Waals surface area contributed by atoms with Crippen LogP contribution in [0.3, 0.4) is 0 Å². The fourth-order valence-corrected chi connectivity index (χ4v) is 2.44. The van der Waals surface area contributed by atoms with Crippen LogP contribution in [0.15, 0.2) is 12.1 Å². The molecular formula is C18H30O2. The van der Waals surface area contributed by atoms with Gasteiger partial charge in [0.1, 0.15) is 5.75 Å². The van der Waals surface area contributed by atoms with E-state index in [0.717, 1.165) is 16.7 Å². The van der Waals surface area contributed by atoms with Gasteiger partial charge in [0.2, 0.25) is 0 Å². The van der Waals surface area contributed by atoms with E-state index in [-0.39, 0.29) is 10.8 Å². The minimum atomic E-state index is -0.749. The number of benzene rings is 1. The first kappa shape index (κ1) is 17.0. The Labute approximate surface area is 123 Å². The molecule has 0 saturated carbocycles. The molecule has 0 bridgehead atoms. The van der Waals surface area contributed by atoms with Crippen LogP contribution in [-0.4, -0.2) is 15.8 Å². The van der Waals surface area contributed by atoms with Gasteiger partial charge in [0, 0.05) is 6.42 Å². The standard InChI is InChI=1S/C18H30O2/c1-16(2,3)13-9-12(11-18(7,8)20)10-14(15(13)19)17(4,5)6/h9-10,19-20H,11H2,1-8H3. The predicted octanol–water partition coefficient (Wildman–Crippen LogP) is 4.30. The third-order valence-electron chi connectivity index (χ3n) is 3.42. The van der Waals surface area contributed by atoms with E-state index in [1.54, 1.807) is 0 Å². The summed E-state index contributed by atoms with van der Waals surface area (Å²) in [6.07, 6.45) is 0.583. The Morgan fingerprint density at radius 3 is 1.40 bits per heavy atom. The average Bonchev–Trinajstić information content (AvgIpc) is 2.14. The molecule has 0 saturated heterocycles. The minimum Gasteiger partial charge on any atom is -0.507 e. The molecule has 0 unspecified atom stereocenters. The second-order valence-electron chi connectivity index (χ2n) is 8.53. The summed E-state index contributed by atoms with van der Waals surface area (Å²) < 4.78 is 0. The smallest absolute Gasteiger partial charge is 0.123 e. The highest BCUT2D eigenvalue weighted by molar-refractivity contribution is 5.50. The van der Waals surface area contributed by atoms with Crippen molar-refractivity contribution in [1.82, 2.24) is 0 Å². The monoisotopic (exact) mass is 278 g/mol. The summed E-state index contributed by atoms with van der Waals surface area (Å²) in [7, 11) is 0. The van der Waals surface area contributed by atoms with Crippen LogP contribution >= 0.6 is 0 Å². The number of hydrogen-bond acceptors (Lipinski definition) is 2. The summed E-state index contributed by atoms with van der Waals surface area (Å²) in [5.74, 6) is 0.393. The lowest BCUT2D eigenvalue weighted by Gasteiger charge is -2.29. The molecule has 0 aromatic heterocycles. The van der Waals surface area contributed by atoms with E-state index in [1.165, 1.54) is 0 Å². The number of hydrogen-bond donors (Lipinski definition) is 2. The summed E-state index contributed by atoms with van der Waals surface area (Å²) in [5, 5.41) is 20.7. The topological polar surface area (TPSA) is 40.5 Å². The van der Waals surface area contributed by atoms with Crippen LogP contribution in [0, 0.1) is 0 Å². The first-order valence-electron chi connectivity index (χ1n) is 7.31. The van der Waals surface area contributed by atoms with Crippen LogP contribution in [0.1, 0.15) is 72.1 Å². The molecule has 2 N–H and O–H groups in total. The first-order chi connectivity index (χ1) is 8.72. The summed E-state index contributed by atoms with van der Waals surface area (Å²) >= 11 is 0. The van der Waals surface area contributed by atoms with E-state index in [0.29, 0.717) is 12.2 Å². The normalized spacial score (nSPS) is 13.7. The van der Waals surface area contributed by atoms with Gasteiger partial charge < -0.3 is 10.2 Å². The molecule has 1 aromatic rings. The number of phenols is 1. The number of aliphatic hydroxyl groups is 1. The lowest BCUT2D eigenvalue weighted by atomic mass is 9.77. The van der Waals surface area contributed by atoms with Gasteiger partial charge in [-0.15, -0.1) is 0 Å². The third kappa shape index (κ3) is 4.24. The maximum absolute atomic E-state index is 10.6. The van der Waals surface area contributed by atoms with Gasteiger partial charge in [-0.1, -0.05) is 53.7 Å². The van der Waals surface area contributed by atoms with E-state index in [1.807, 2.05) is 26.0 Å². The molecule has 20 heavy (non-hydrogen) atoms. The number of aromatic hydroxyl groups is 1. The van der Waals surface area contributed by atoms with Gasteiger partial charge in [0.15, 0.2) is 0 Å². The van der Waals surface area contributed by atoms with Crippen LogP contribution in [0.2, 0.25) is 0 Å². The summed E-state index contributed by atoms with van der Waals surface area (Å²) in [5.41, 5.74) is 1.97. The zero-order valence-corrected chi connectivity index (χ0v) is 14.3. The zero-order valence-electron chi connectivity index (χ0n) is 14.3. The first-order valence-corrected chi connectivity index (χ1v) is 7.31. The largest absolute Gasteiger partial charge is 0.507 e. The molecule has 1 rings (SSSR count). The summed E-state index contributed by atoms with van der Waals surface area (Å²) in [6, 6.07) is 4.06. The molecule has 1 aromatic carbocycles. The maximum Gasteiger partial charge on any atom is 0.123 e. The van der Waals surface area contributed by atoms with Crippen molar-refractivity contribution >= 4 is 0 Å². The van der Waals surface area contributed by atoms with Gasteiger partial charge in [-0.2, -0.15) is 0 Å². The predicted molar refractivity (Wildman–Crippen MR) is 85.5 cm³/mol. The third-order valence-corrected chi connectivity index (χ3v) is 3.42. The SMILES string of the molecule is CC(C)(O)Cc1cc(C(C)(C)C)c(O)c(C(C)(C)C)c1. The highest BCUT2D eigenvalue weighted by atomic mass is 16.3. The molecular weight excluding hydrogens is 248 g/mol. The van der Waals surface area contributed by atoms with Crippen molar-refractivity contribution in [2.24, 2.45) is 0 Å². The van der Waals surface area contributed by atoms with Crippen molar-refractivity contribution in [1.29, 1.82) is 0 Å². The molecule has 2 nitrogen and oxygen atoms in total. The second-order valence-corrected chi connectivity index (χ2v) is 8.53. The van der Waals surface area contributed by atoms with Gasteiger partial charge in [-0.25, -0.2) is 0 Å². The van der Waals surface area contributed by atoms with E-state index in [2.05, 4.69) is 41.5 Å². The Kier molecular flexibility index (Phi) is 4.32. The average molecular weight is 278 g/mol. The van der Waals surface area contributed by atoms with E-state index in [4.69, 9.17) is 0 Å². The molecule has 0 atom stereocenters. The van der Waals surface area contributed by atoms with Gasteiger partial charge in [-0.3, -0.25) is 0 Å². The van der Waals surface area contributed by atoms with Crippen LogP contribution in [0.4, 0.5) is 0 Å². The number of rotatable bonds is 2. The van der Waals surface area contributed by atoms with Crippen LogP contribution < -0.4 is 0 Å². The Bertz CT molecular complexity index is 445. The lowest BCUT2D eigenvalue weighted by molar-refractivity contribution is 0.0809. The van der Waals surface area contributed by atoms with Crippen molar-refractivity contribution in [3.05, 3.63) is 28.8 Å². The van der Waals surface area contributed by atoms with E-state index >= 15 is 0 Å². The molecule has 0 spiro atoms. The van der Waals surface area contributed by atoms with Crippen LogP contribution in [-0.2, 0) is 17.3 Å². The fourth-order valence-electron chi connectivity index (χ4n) is 2.44. The zero-order chi connectivity index (χ0) is 15.9. The van der Waals surface area contributed by atoms with E-state index in [9.17, 15) is 10.2 Å². The van der Waals surface area contributed by atoms with Crippen molar-refractivity contribution in [3.8, 4) is 5.75 Å². The molecule has 0 aliphatic carbocycles. The van der Waals surface area contributed by atoms with Crippen molar-refractivity contribution in [2.75, 3.05) is 0 Å². The van der Waals surface area contributed by atoms with Crippen LogP contribution in [0.25, 0.3) is 0 Å². The molecule has 0 aliphatic heterocycles. The minimum absolute atomic E-state index is 0.125. The van der Waals surface area contributed by atoms with Gasteiger partial charge in [0.25, 0.3) is 0 Å². The maximum atomic E-state index is 10.6. The summed E-state index contributed by atoms with van der Waals surface area (Å²) in [6.45, 7) is 16.2. The van der Waals surface area contributed by atoms with Crippen molar-refractivity contribution in [2.45, 2.75) is 78.2 Å². The lowest BCUT2D eigenvalue weighted by Crippen LogP contribution is -2.24. The van der Waals surface area contributed by atoms with Crippen molar-refractivity contribution in [3.63, 3.8) is 0 Å². The Morgan fingerprint density at radius 1 is 0.800 bits per heavy atom. The molecule has 0 radical (unpaired) electrons. The molecule has 0 fully saturated rings. The van der Waals surface area contributed by atoms with Gasteiger partial charge in [-0.05, 0) is 41.4 Å². The van der Waals surface area contributed by atoms with Crippen LogP contribution in [0.5, 0.6) is 5.75 Å². The molecule has 0 aliphatic rings. The number of phenolic OH excluding ortho intramolecular Hbond substituents is 1. The molecule has 0 heterocycles. The van der Waals surface area contributed by atoms with Gasteiger partial charge >= 0.3 is 0 Å².